The number of fused-ring (bicyclic) bond motifs is 1. The van der Waals surface area contributed by atoms with Crippen LogP contribution in [-0.2, 0) is 4.79 Å². The molecule has 1 aliphatic heterocycles. The Bertz CT molecular complexity index is 731. The van der Waals surface area contributed by atoms with E-state index in [1.54, 1.807) is 47.4 Å². The Morgan fingerprint density at radius 2 is 1.96 bits per heavy atom. The highest BCUT2D eigenvalue weighted by molar-refractivity contribution is 5.95. The molecule has 3 rings (SSSR count). The molecule has 0 radical (unpaired) electrons. The Hall–Kier alpha value is -3.02. The van der Waals surface area contributed by atoms with E-state index in [-0.39, 0.29) is 5.91 Å². The molecule has 118 valence electrons. The van der Waals surface area contributed by atoms with Crippen molar-refractivity contribution in [3.8, 4) is 11.5 Å². The van der Waals surface area contributed by atoms with Crippen LogP contribution in [-0.4, -0.2) is 25.2 Å². The van der Waals surface area contributed by atoms with E-state index in [2.05, 4.69) is 5.32 Å². The van der Waals surface area contributed by atoms with Crippen molar-refractivity contribution < 1.29 is 19.1 Å². The highest BCUT2D eigenvalue weighted by Crippen LogP contribution is 2.34. The van der Waals surface area contributed by atoms with Crippen molar-refractivity contribution in [1.82, 2.24) is 0 Å². The van der Waals surface area contributed by atoms with Crippen LogP contribution in [0.2, 0.25) is 0 Å². The summed E-state index contributed by atoms with van der Waals surface area (Å²) in [7, 11) is 0. The van der Waals surface area contributed by atoms with Crippen LogP contribution in [0, 0.1) is 0 Å². The van der Waals surface area contributed by atoms with Crippen molar-refractivity contribution >= 4 is 23.4 Å². The van der Waals surface area contributed by atoms with Crippen molar-refractivity contribution in [2.24, 2.45) is 0 Å². The second kappa shape index (κ2) is 6.39. The van der Waals surface area contributed by atoms with Gasteiger partial charge in [-0.2, -0.15) is 0 Å². The lowest BCUT2D eigenvalue weighted by Gasteiger charge is -2.28. The molecule has 1 aliphatic rings. The lowest BCUT2D eigenvalue weighted by Crippen LogP contribution is -2.36. The van der Waals surface area contributed by atoms with E-state index in [0.29, 0.717) is 36.0 Å². The molecule has 2 aromatic carbocycles. The smallest absolute Gasteiger partial charge is 0.417 e. The van der Waals surface area contributed by atoms with E-state index in [0.717, 1.165) is 0 Å². The molecular formula is C17H16N2O4. The average Bonchev–Trinajstić information content (AvgIpc) is 2.54. The first-order valence-electron chi connectivity index (χ1n) is 7.22. The number of carbonyl (C=O) groups excluding carboxylic acids is 2. The standard InChI is InChI=1S/C17H16N2O4/c1-12(20)19-9-10-22-16-11-13(7-8-15(16)19)18-17(21)23-14-5-3-2-4-6-14/h2-8,11H,9-10H2,1H3,(H,18,21). The summed E-state index contributed by atoms with van der Waals surface area (Å²) in [5.74, 6) is 0.977. The average molecular weight is 312 g/mol. The van der Waals surface area contributed by atoms with Gasteiger partial charge in [-0.1, -0.05) is 18.2 Å². The van der Waals surface area contributed by atoms with Crippen molar-refractivity contribution in [3.63, 3.8) is 0 Å². The SMILES string of the molecule is CC(=O)N1CCOc2cc(NC(=O)Oc3ccccc3)ccc21. The van der Waals surface area contributed by atoms with E-state index >= 15 is 0 Å². The maximum atomic E-state index is 11.9. The van der Waals surface area contributed by atoms with Gasteiger partial charge in [0, 0.05) is 18.7 Å². The fourth-order valence-electron chi connectivity index (χ4n) is 2.36. The minimum atomic E-state index is -0.588. The normalized spacial score (nSPS) is 12.8. The molecule has 0 saturated heterocycles. The molecule has 2 amide bonds. The molecule has 0 spiro atoms. The topological polar surface area (TPSA) is 67.9 Å². The van der Waals surface area contributed by atoms with Crippen LogP contribution in [0.3, 0.4) is 0 Å². The summed E-state index contributed by atoms with van der Waals surface area (Å²) in [5.41, 5.74) is 1.24. The fraction of sp³-hybridized carbons (Fsp3) is 0.176. The highest BCUT2D eigenvalue weighted by Gasteiger charge is 2.21. The Kier molecular flexibility index (Phi) is 4.14. The number of nitrogens with one attached hydrogen (secondary N) is 1. The van der Waals surface area contributed by atoms with Gasteiger partial charge in [0.25, 0.3) is 0 Å². The van der Waals surface area contributed by atoms with Crippen LogP contribution in [0.4, 0.5) is 16.2 Å². The quantitative estimate of drug-likeness (QED) is 0.925. The monoisotopic (exact) mass is 312 g/mol. The van der Waals surface area contributed by atoms with E-state index in [1.807, 2.05) is 6.07 Å². The molecule has 23 heavy (non-hydrogen) atoms. The van der Waals surface area contributed by atoms with Gasteiger partial charge in [-0.25, -0.2) is 4.79 Å². The minimum absolute atomic E-state index is 0.0428. The molecule has 0 unspecified atom stereocenters. The second-order valence-corrected chi connectivity index (χ2v) is 5.03. The Labute approximate surface area is 133 Å². The Morgan fingerprint density at radius 3 is 2.70 bits per heavy atom. The van der Waals surface area contributed by atoms with Gasteiger partial charge in [-0.05, 0) is 24.3 Å². The van der Waals surface area contributed by atoms with Crippen molar-refractivity contribution in [1.29, 1.82) is 0 Å². The molecule has 6 heteroatoms. The highest BCUT2D eigenvalue weighted by atomic mass is 16.6. The van der Waals surface area contributed by atoms with Crippen LogP contribution >= 0.6 is 0 Å². The van der Waals surface area contributed by atoms with Gasteiger partial charge in [-0.15, -0.1) is 0 Å². The summed E-state index contributed by atoms with van der Waals surface area (Å²) in [6.45, 7) is 2.45. The number of rotatable bonds is 2. The van der Waals surface area contributed by atoms with Gasteiger partial charge < -0.3 is 14.4 Å². The molecule has 0 fully saturated rings. The van der Waals surface area contributed by atoms with Gasteiger partial charge >= 0.3 is 6.09 Å². The Balaban J connectivity index is 1.72. The molecular weight excluding hydrogens is 296 g/mol. The number of hydrogen-bond acceptors (Lipinski definition) is 4. The maximum absolute atomic E-state index is 11.9. The van der Waals surface area contributed by atoms with E-state index in [4.69, 9.17) is 9.47 Å². The number of benzene rings is 2. The van der Waals surface area contributed by atoms with Crippen molar-refractivity contribution in [3.05, 3.63) is 48.5 Å². The molecule has 2 aromatic rings. The fourth-order valence-corrected chi connectivity index (χ4v) is 2.36. The summed E-state index contributed by atoms with van der Waals surface area (Å²) in [6.07, 6.45) is -0.588. The molecule has 0 aromatic heterocycles. The number of para-hydroxylation sites is 1. The third-order valence-corrected chi connectivity index (χ3v) is 3.40. The molecule has 1 heterocycles. The van der Waals surface area contributed by atoms with Crippen LogP contribution in [0.1, 0.15) is 6.92 Å². The van der Waals surface area contributed by atoms with Crippen LogP contribution in [0.15, 0.2) is 48.5 Å². The van der Waals surface area contributed by atoms with Crippen LogP contribution < -0.4 is 19.7 Å². The molecule has 0 aliphatic carbocycles. The van der Waals surface area contributed by atoms with Crippen molar-refractivity contribution in [2.45, 2.75) is 6.92 Å². The number of anilines is 2. The minimum Gasteiger partial charge on any atom is -0.489 e. The van der Waals surface area contributed by atoms with E-state index in [1.165, 1.54) is 6.92 Å². The number of nitrogens with zero attached hydrogens (tertiary/aromatic N) is 1. The van der Waals surface area contributed by atoms with Gasteiger partial charge in [0.1, 0.15) is 18.1 Å². The zero-order valence-corrected chi connectivity index (χ0v) is 12.6. The molecule has 6 nitrogen and oxygen atoms in total. The predicted octanol–water partition coefficient (Wildman–Crippen LogP) is 3.04. The molecule has 0 atom stereocenters. The van der Waals surface area contributed by atoms with E-state index in [9.17, 15) is 9.59 Å². The lowest BCUT2D eigenvalue weighted by molar-refractivity contribution is -0.116. The number of hydrogen-bond donors (Lipinski definition) is 1. The largest absolute Gasteiger partial charge is 0.489 e. The number of amides is 2. The summed E-state index contributed by atoms with van der Waals surface area (Å²) in [4.78, 5) is 25.1. The zero-order chi connectivity index (χ0) is 16.2. The second-order valence-electron chi connectivity index (χ2n) is 5.03. The lowest BCUT2D eigenvalue weighted by atomic mass is 10.2. The Morgan fingerprint density at radius 1 is 1.17 bits per heavy atom. The number of ether oxygens (including phenoxy) is 2. The third kappa shape index (κ3) is 3.42. The molecule has 0 bridgehead atoms. The first kappa shape index (κ1) is 14.9. The first-order valence-corrected chi connectivity index (χ1v) is 7.22. The first-order chi connectivity index (χ1) is 11.1. The summed E-state index contributed by atoms with van der Waals surface area (Å²) in [5, 5.41) is 2.64. The zero-order valence-electron chi connectivity index (χ0n) is 12.6. The van der Waals surface area contributed by atoms with Gasteiger partial charge in [-0.3, -0.25) is 10.1 Å². The van der Waals surface area contributed by atoms with Crippen LogP contribution in [0.5, 0.6) is 11.5 Å². The summed E-state index contributed by atoms with van der Waals surface area (Å²) >= 11 is 0. The predicted molar refractivity (Wildman–Crippen MR) is 86.1 cm³/mol. The summed E-state index contributed by atoms with van der Waals surface area (Å²) in [6, 6.07) is 13.9. The van der Waals surface area contributed by atoms with Gasteiger partial charge in [0.05, 0.1) is 12.2 Å². The van der Waals surface area contributed by atoms with Gasteiger partial charge in [0.15, 0.2) is 0 Å². The third-order valence-electron chi connectivity index (χ3n) is 3.40. The van der Waals surface area contributed by atoms with Crippen molar-refractivity contribution in [2.75, 3.05) is 23.4 Å². The maximum Gasteiger partial charge on any atom is 0.417 e. The molecule has 1 N–H and O–H groups in total. The van der Waals surface area contributed by atoms with E-state index < -0.39 is 6.09 Å². The number of carbonyl (C=O) groups is 2. The van der Waals surface area contributed by atoms with Gasteiger partial charge in [0.2, 0.25) is 5.91 Å². The molecule has 0 saturated carbocycles. The van der Waals surface area contributed by atoms with Crippen LogP contribution in [0.25, 0.3) is 0 Å². The summed E-state index contributed by atoms with van der Waals surface area (Å²) < 4.78 is 10.7.